The van der Waals surface area contributed by atoms with Crippen LogP contribution in [0.1, 0.15) is 48.0 Å². The summed E-state index contributed by atoms with van der Waals surface area (Å²) in [6.07, 6.45) is -2.35. The second kappa shape index (κ2) is 9.73. The number of benzene rings is 1. The molecule has 0 heterocycles. The second-order valence-electron chi connectivity index (χ2n) is 7.20. The van der Waals surface area contributed by atoms with Crippen molar-refractivity contribution in [1.29, 1.82) is 0 Å². The molecule has 2 rings (SSSR count). The van der Waals surface area contributed by atoms with E-state index in [0.717, 1.165) is 18.2 Å². The molecule has 1 saturated carbocycles. The van der Waals surface area contributed by atoms with Crippen molar-refractivity contribution in [2.45, 2.75) is 50.4 Å². The molecule has 0 spiro atoms. The fourth-order valence-electron chi connectivity index (χ4n) is 3.48. The van der Waals surface area contributed by atoms with Crippen LogP contribution in [0, 0.1) is 5.92 Å². The van der Waals surface area contributed by atoms with Crippen molar-refractivity contribution in [3.63, 3.8) is 0 Å². The zero-order chi connectivity index (χ0) is 21.6. The highest BCUT2D eigenvalue weighted by atomic mass is 19.4. The van der Waals surface area contributed by atoms with Crippen molar-refractivity contribution in [1.82, 2.24) is 10.6 Å². The number of hydrogen-bond acceptors (Lipinski definition) is 4. The Kier molecular flexibility index (Phi) is 7.60. The Balaban J connectivity index is 1.89. The van der Waals surface area contributed by atoms with E-state index in [2.05, 4.69) is 10.6 Å². The molecule has 160 valence electrons. The molecule has 5 N–H and O–H groups in total. The predicted octanol–water partition coefficient (Wildman–Crippen LogP) is 1.91. The molecule has 1 aromatic rings. The summed E-state index contributed by atoms with van der Waals surface area (Å²) < 4.78 is 38.2. The van der Waals surface area contributed by atoms with E-state index in [9.17, 15) is 27.6 Å². The van der Waals surface area contributed by atoms with Crippen LogP contribution in [0.5, 0.6) is 0 Å². The summed E-state index contributed by atoms with van der Waals surface area (Å²) in [5, 5.41) is 13.9. The quantitative estimate of drug-likeness (QED) is 0.542. The van der Waals surface area contributed by atoms with Crippen molar-refractivity contribution in [3.05, 3.63) is 35.4 Å². The molecule has 0 radical (unpaired) electrons. The van der Waals surface area contributed by atoms with Gasteiger partial charge in [-0.25, -0.2) is 0 Å². The maximum absolute atomic E-state index is 12.7. The number of alkyl halides is 3. The lowest BCUT2D eigenvalue weighted by Gasteiger charge is -2.35. The first-order chi connectivity index (χ1) is 13.6. The zero-order valence-corrected chi connectivity index (χ0v) is 15.7. The minimum absolute atomic E-state index is 0.0317. The summed E-state index contributed by atoms with van der Waals surface area (Å²) in [5.41, 5.74) is 4.78. The van der Waals surface area contributed by atoms with E-state index in [1.54, 1.807) is 0 Å². The Hall–Kier alpha value is -2.62. The van der Waals surface area contributed by atoms with Crippen molar-refractivity contribution in [2.75, 3.05) is 6.54 Å². The van der Waals surface area contributed by atoms with E-state index in [-0.39, 0.29) is 30.0 Å². The third-order valence-electron chi connectivity index (χ3n) is 4.96. The Morgan fingerprint density at radius 1 is 1.21 bits per heavy atom. The number of halogens is 3. The smallest absolute Gasteiger partial charge is 0.416 e. The van der Waals surface area contributed by atoms with Gasteiger partial charge in [-0.2, -0.15) is 13.2 Å². The summed E-state index contributed by atoms with van der Waals surface area (Å²) >= 11 is 0. The molecule has 0 aromatic heterocycles. The maximum Gasteiger partial charge on any atom is 0.416 e. The van der Waals surface area contributed by atoms with Crippen LogP contribution in [0.4, 0.5) is 13.2 Å². The van der Waals surface area contributed by atoms with Gasteiger partial charge in [-0.1, -0.05) is 6.07 Å². The lowest BCUT2D eigenvalue weighted by atomic mass is 9.79. The molecule has 0 saturated heterocycles. The number of carbonyl (C=O) groups is 3. The fraction of sp³-hybridized carbons (Fsp3) is 0.526. The maximum atomic E-state index is 12.7. The minimum Gasteiger partial charge on any atom is -0.481 e. The van der Waals surface area contributed by atoms with Gasteiger partial charge in [0.05, 0.1) is 12.1 Å². The van der Waals surface area contributed by atoms with Gasteiger partial charge in [0.15, 0.2) is 0 Å². The van der Waals surface area contributed by atoms with Crippen LogP contribution in [0.3, 0.4) is 0 Å². The van der Waals surface area contributed by atoms with E-state index in [4.69, 9.17) is 10.8 Å². The number of carboxylic acid groups (broad SMARTS) is 1. The molecule has 2 amide bonds. The first-order valence-electron chi connectivity index (χ1n) is 9.28. The summed E-state index contributed by atoms with van der Waals surface area (Å²) in [5.74, 6) is -2.30. The van der Waals surface area contributed by atoms with Gasteiger partial charge in [0, 0.05) is 24.1 Å². The van der Waals surface area contributed by atoms with Crippen LogP contribution in [0.25, 0.3) is 0 Å². The molecule has 1 aliphatic carbocycles. The number of carboxylic acids is 1. The van der Waals surface area contributed by atoms with Gasteiger partial charge in [0.25, 0.3) is 5.91 Å². The summed E-state index contributed by atoms with van der Waals surface area (Å²) in [6.45, 7) is -0.400. The van der Waals surface area contributed by atoms with Gasteiger partial charge in [0.1, 0.15) is 0 Å². The Morgan fingerprint density at radius 3 is 2.59 bits per heavy atom. The molecule has 7 nitrogen and oxygen atoms in total. The lowest BCUT2D eigenvalue weighted by Crippen LogP contribution is -2.49. The zero-order valence-electron chi connectivity index (χ0n) is 15.7. The third-order valence-corrected chi connectivity index (χ3v) is 4.96. The SMILES string of the molecule is NC1CCC(NC(=O)CNC(=O)c2cccc(C(F)(F)F)c2)C(CCC(=O)O)C1. The molecule has 3 atom stereocenters. The number of aliphatic carboxylic acids is 1. The minimum atomic E-state index is -4.57. The van der Waals surface area contributed by atoms with Gasteiger partial charge >= 0.3 is 12.1 Å². The molecular formula is C19H24F3N3O4. The third kappa shape index (κ3) is 7.04. The van der Waals surface area contributed by atoms with E-state index in [1.165, 1.54) is 6.07 Å². The molecule has 1 aromatic carbocycles. The Bertz CT molecular complexity index is 754. The second-order valence-corrected chi connectivity index (χ2v) is 7.20. The molecule has 1 fully saturated rings. The Labute approximate surface area is 165 Å². The lowest BCUT2D eigenvalue weighted by molar-refractivity contribution is -0.138. The number of nitrogens with one attached hydrogen (secondary N) is 2. The van der Waals surface area contributed by atoms with Crippen LogP contribution in [0.2, 0.25) is 0 Å². The molecule has 29 heavy (non-hydrogen) atoms. The summed E-state index contributed by atoms with van der Waals surface area (Å²) in [7, 11) is 0. The number of amides is 2. The number of hydrogen-bond donors (Lipinski definition) is 4. The number of carbonyl (C=O) groups excluding carboxylic acids is 2. The first kappa shape index (κ1) is 22.7. The van der Waals surface area contributed by atoms with E-state index in [0.29, 0.717) is 25.7 Å². The molecule has 1 aliphatic rings. The molecule has 10 heteroatoms. The van der Waals surface area contributed by atoms with Gasteiger partial charge in [-0.15, -0.1) is 0 Å². The van der Waals surface area contributed by atoms with Gasteiger partial charge in [0.2, 0.25) is 5.91 Å². The summed E-state index contributed by atoms with van der Waals surface area (Å²) in [6, 6.07) is 3.62. The van der Waals surface area contributed by atoms with Gasteiger partial charge in [-0.3, -0.25) is 14.4 Å². The van der Waals surface area contributed by atoms with Gasteiger partial charge in [-0.05, 0) is 49.8 Å². The molecule has 3 unspecified atom stereocenters. The average molecular weight is 415 g/mol. The first-order valence-corrected chi connectivity index (χ1v) is 9.28. The van der Waals surface area contributed by atoms with E-state index in [1.807, 2.05) is 0 Å². The summed E-state index contributed by atoms with van der Waals surface area (Å²) in [4.78, 5) is 35.1. The van der Waals surface area contributed by atoms with Crippen LogP contribution < -0.4 is 16.4 Å². The van der Waals surface area contributed by atoms with Crippen LogP contribution in [-0.2, 0) is 15.8 Å². The predicted molar refractivity (Wildman–Crippen MR) is 97.9 cm³/mol. The topological polar surface area (TPSA) is 122 Å². The molecule has 0 bridgehead atoms. The molecule has 0 aliphatic heterocycles. The number of nitrogens with two attached hydrogens (primary N) is 1. The van der Waals surface area contributed by atoms with Crippen LogP contribution in [0.15, 0.2) is 24.3 Å². The highest BCUT2D eigenvalue weighted by Crippen LogP contribution is 2.29. The largest absolute Gasteiger partial charge is 0.481 e. The van der Waals surface area contributed by atoms with E-state index < -0.39 is 36.1 Å². The average Bonchev–Trinajstić information content (AvgIpc) is 2.65. The van der Waals surface area contributed by atoms with Gasteiger partial charge < -0.3 is 21.5 Å². The Morgan fingerprint density at radius 2 is 1.93 bits per heavy atom. The van der Waals surface area contributed by atoms with Crippen molar-refractivity contribution in [3.8, 4) is 0 Å². The van der Waals surface area contributed by atoms with E-state index >= 15 is 0 Å². The van der Waals surface area contributed by atoms with Crippen LogP contribution in [-0.4, -0.2) is 41.5 Å². The highest BCUT2D eigenvalue weighted by molar-refractivity contribution is 5.96. The monoisotopic (exact) mass is 415 g/mol. The normalized spacial score (nSPS) is 22.0. The van der Waals surface area contributed by atoms with Crippen molar-refractivity contribution >= 4 is 17.8 Å². The molecular weight excluding hydrogens is 391 g/mol. The van der Waals surface area contributed by atoms with Crippen LogP contribution >= 0.6 is 0 Å². The fourth-order valence-corrected chi connectivity index (χ4v) is 3.48. The van der Waals surface area contributed by atoms with Crippen molar-refractivity contribution < 1.29 is 32.7 Å². The highest BCUT2D eigenvalue weighted by Gasteiger charge is 2.32. The standard InChI is InChI=1S/C19H24F3N3O4/c20-19(21,22)13-3-1-2-12(8-13)18(29)24-10-16(26)25-15-6-5-14(23)9-11(15)4-7-17(27)28/h1-3,8,11,14-15H,4-7,9-10,23H2,(H,24,29)(H,25,26)(H,27,28). The van der Waals surface area contributed by atoms with Crippen molar-refractivity contribution in [2.24, 2.45) is 11.7 Å². The number of rotatable bonds is 7.